The molecule has 2 aromatic carbocycles. The van der Waals surface area contributed by atoms with Gasteiger partial charge in [-0.2, -0.15) is 0 Å². The Morgan fingerprint density at radius 3 is 2.65 bits per heavy atom. The Bertz CT molecular complexity index is 1080. The number of aryl methyl sites for hydroxylation is 1. The summed E-state index contributed by atoms with van der Waals surface area (Å²) in [6, 6.07) is 12.3. The van der Waals surface area contributed by atoms with Gasteiger partial charge >= 0.3 is 0 Å². The van der Waals surface area contributed by atoms with Crippen LogP contribution in [0, 0.1) is 6.92 Å². The molecule has 0 saturated heterocycles. The molecule has 0 bridgehead atoms. The fourth-order valence-electron chi connectivity index (χ4n) is 2.95. The van der Waals surface area contributed by atoms with Crippen LogP contribution >= 0.6 is 22.9 Å². The van der Waals surface area contributed by atoms with E-state index in [4.69, 9.17) is 16.3 Å². The van der Waals surface area contributed by atoms with Crippen LogP contribution in [-0.4, -0.2) is 22.1 Å². The second kappa shape index (κ2) is 7.02. The molecular formula is C20H16ClN3OS. The van der Waals surface area contributed by atoms with Crippen LogP contribution in [0.25, 0.3) is 22.0 Å². The number of hydrogen-bond donors (Lipinski definition) is 0. The molecule has 0 unspecified atom stereocenters. The molecule has 4 aromatic rings. The lowest BCUT2D eigenvalue weighted by molar-refractivity contribution is 0.410. The number of aromatic nitrogens is 3. The summed E-state index contributed by atoms with van der Waals surface area (Å²) in [5.41, 5.74) is 4.07. The molecule has 0 N–H and O–H groups in total. The second-order valence-electron chi connectivity index (χ2n) is 5.92. The first-order valence-corrected chi connectivity index (χ1v) is 9.39. The highest BCUT2D eigenvalue weighted by Crippen LogP contribution is 2.32. The van der Waals surface area contributed by atoms with Gasteiger partial charge in [-0.25, -0.2) is 15.0 Å². The van der Waals surface area contributed by atoms with Gasteiger partial charge in [-0.3, -0.25) is 0 Å². The van der Waals surface area contributed by atoms with Crippen molar-refractivity contribution in [1.82, 2.24) is 15.0 Å². The Morgan fingerprint density at radius 1 is 1.08 bits per heavy atom. The van der Waals surface area contributed by atoms with Crippen molar-refractivity contribution in [2.24, 2.45) is 0 Å². The quantitative estimate of drug-likeness (QED) is 0.449. The molecule has 130 valence electrons. The molecule has 26 heavy (non-hydrogen) atoms. The molecule has 0 atom stereocenters. The molecule has 4 rings (SSSR count). The van der Waals surface area contributed by atoms with Crippen LogP contribution in [0.15, 0.2) is 48.0 Å². The normalized spacial score (nSPS) is 11.0. The molecule has 2 heterocycles. The van der Waals surface area contributed by atoms with Crippen molar-refractivity contribution >= 4 is 33.8 Å². The number of halogens is 1. The molecule has 0 saturated carbocycles. The number of thiazole rings is 1. The maximum absolute atomic E-state index is 6.30. The molecule has 0 aliphatic heterocycles. The monoisotopic (exact) mass is 381 g/mol. The van der Waals surface area contributed by atoms with Gasteiger partial charge in [0.05, 0.1) is 17.6 Å². The van der Waals surface area contributed by atoms with E-state index in [9.17, 15) is 0 Å². The highest BCUT2D eigenvalue weighted by Gasteiger charge is 2.10. The van der Waals surface area contributed by atoms with Crippen LogP contribution in [0.4, 0.5) is 0 Å². The van der Waals surface area contributed by atoms with Crippen LogP contribution in [-0.2, 0) is 6.42 Å². The number of benzene rings is 2. The van der Waals surface area contributed by atoms with Crippen LogP contribution in [0.5, 0.6) is 5.75 Å². The van der Waals surface area contributed by atoms with Gasteiger partial charge in [0, 0.05) is 28.9 Å². The number of ether oxygens (including phenoxy) is 1. The first-order chi connectivity index (χ1) is 12.6. The summed E-state index contributed by atoms with van der Waals surface area (Å²) in [5.74, 6) is 1.52. The van der Waals surface area contributed by atoms with E-state index < -0.39 is 0 Å². The summed E-state index contributed by atoms with van der Waals surface area (Å²) in [4.78, 5) is 13.0. The average molecular weight is 382 g/mol. The number of rotatable bonds is 4. The minimum Gasteiger partial charge on any atom is -0.496 e. The molecule has 6 heteroatoms. The molecule has 0 spiro atoms. The lowest BCUT2D eigenvalue weighted by Gasteiger charge is -2.11. The van der Waals surface area contributed by atoms with E-state index in [1.54, 1.807) is 18.4 Å². The zero-order valence-electron chi connectivity index (χ0n) is 14.4. The minimum atomic E-state index is 0.474. The molecule has 2 aromatic heterocycles. The zero-order chi connectivity index (χ0) is 18.1. The predicted octanol–water partition coefficient (Wildman–Crippen LogP) is 5.31. The molecule has 4 nitrogen and oxygen atoms in total. The van der Waals surface area contributed by atoms with Gasteiger partial charge < -0.3 is 4.74 Å². The Labute approximate surface area is 160 Å². The van der Waals surface area contributed by atoms with Crippen LogP contribution in [0.2, 0.25) is 5.15 Å². The van der Waals surface area contributed by atoms with Gasteiger partial charge in [0.1, 0.15) is 16.7 Å². The number of hydrogen-bond acceptors (Lipinski definition) is 5. The van der Waals surface area contributed by atoms with Gasteiger partial charge in [-0.1, -0.05) is 29.8 Å². The van der Waals surface area contributed by atoms with Crippen molar-refractivity contribution in [3.05, 3.63) is 69.5 Å². The maximum atomic E-state index is 6.30. The van der Waals surface area contributed by atoms with Crippen LogP contribution in [0.1, 0.15) is 16.4 Å². The fourth-order valence-corrected chi connectivity index (χ4v) is 3.87. The molecule has 0 aliphatic carbocycles. The summed E-state index contributed by atoms with van der Waals surface area (Å²) >= 11 is 7.95. The summed E-state index contributed by atoms with van der Waals surface area (Å²) in [5, 5.41) is 4.38. The lowest BCUT2D eigenvalue weighted by atomic mass is 10.0. The third kappa shape index (κ3) is 3.28. The summed E-state index contributed by atoms with van der Waals surface area (Å²) < 4.78 is 5.61. The Hall–Kier alpha value is -2.50. The number of fused-ring (bicyclic) bond motifs is 1. The Kier molecular flexibility index (Phi) is 4.57. The van der Waals surface area contributed by atoms with Crippen molar-refractivity contribution in [2.45, 2.75) is 13.3 Å². The van der Waals surface area contributed by atoms with E-state index in [1.807, 2.05) is 42.8 Å². The number of methoxy groups -OCH3 is 1. The van der Waals surface area contributed by atoms with Crippen molar-refractivity contribution in [3.63, 3.8) is 0 Å². The van der Waals surface area contributed by atoms with Crippen molar-refractivity contribution in [1.29, 1.82) is 0 Å². The maximum Gasteiger partial charge on any atom is 0.140 e. The first kappa shape index (κ1) is 16.9. The van der Waals surface area contributed by atoms with E-state index in [0.29, 0.717) is 11.0 Å². The second-order valence-corrected chi connectivity index (χ2v) is 7.26. The smallest absolute Gasteiger partial charge is 0.140 e. The van der Waals surface area contributed by atoms with Crippen molar-refractivity contribution < 1.29 is 4.74 Å². The third-order valence-electron chi connectivity index (χ3n) is 4.21. The van der Waals surface area contributed by atoms with Gasteiger partial charge in [0.2, 0.25) is 0 Å². The molecule has 0 radical (unpaired) electrons. The first-order valence-electron chi connectivity index (χ1n) is 8.13. The Balaban J connectivity index is 1.74. The van der Waals surface area contributed by atoms with Crippen LogP contribution in [0.3, 0.4) is 0 Å². The highest BCUT2D eigenvalue weighted by atomic mass is 35.5. The summed E-state index contributed by atoms with van der Waals surface area (Å²) in [6.07, 6.45) is 2.58. The van der Waals surface area contributed by atoms with E-state index in [2.05, 4.69) is 27.1 Å². The molecule has 0 aliphatic rings. The summed E-state index contributed by atoms with van der Waals surface area (Å²) in [6.45, 7) is 1.84. The van der Waals surface area contributed by atoms with Gasteiger partial charge in [-0.15, -0.1) is 11.3 Å². The van der Waals surface area contributed by atoms with E-state index in [-0.39, 0.29) is 0 Å². The largest absolute Gasteiger partial charge is 0.496 e. The topological polar surface area (TPSA) is 47.9 Å². The van der Waals surface area contributed by atoms with Gasteiger partial charge in [-0.05, 0) is 36.2 Å². The third-order valence-corrected chi connectivity index (χ3v) is 5.27. The summed E-state index contributed by atoms with van der Waals surface area (Å²) in [7, 11) is 1.69. The zero-order valence-corrected chi connectivity index (χ0v) is 15.9. The highest BCUT2D eigenvalue weighted by molar-refractivity contribution is 7.09. The lowest BCUT2D eigenvalue weighted by Crippen LogP contribution is -1.95. The van der Waals surface area contributed by atoms with Gasteiger partial charge in [0.25, 0.3) is 0 Å². The molecule has 0 amide bonds. The average Bonchev–Trinajstić information content (AvgIpc) is 3.15. The number of nitrogens with zero attached hydrogens (tertiary/aromatic N) is 3. The molecule has 0 fully saturated rings. The minimum absolute atomic E-state index is 0.474. The predicted molar refractivity (Wildman–Crippen MR) is 106 cm³/mol. The molecular weight excluding hydrogens is 366 g/mol. The van der Waals surface area contributed by atoms with E-state index >= 15 is 0 Å². The van der Waals surface area contributed by atoms with E-state index in [1.165, 1.54) is 0 Å². The standard InChI is InChI=1S/C20H16ClN3OS/c1-12-23-17-6-5-13(9-16(17)20(21)24-12)14-3-4-15(18(10-14)25-2)11-19-22-7-8-26-19/h3-10H,11H2,1-2H3. The Morgan fingerprint density at radius 2 is 1.88 bits per heavy atom. The van der Waals surface area contributed by atoms with Crippen molar-refractivity contribution in [3.8, 4) is 16.9 Å². The fraction of sp³-hybridized carbons (Fsp3) is 0.150. The van der Waals surface area contributed by atoms with Crippen molar-refractivity contribution in [2.75, 3.05) is 7.11 Å². The SMILES string of the molecule is COc1cc(-c2ccc3nc(C)nc(Cl)c3c2)ccc1Cc1nccs1. The van der Waals surface area contributed by atoms with Gasteiger partial charge in [0.15, 0.2) is 0 Å². The van der Waals surface area contributed by atoms with E-state index in [0.717, 1.165) is 44.8 Å². The van der Waals surface area contributed by atoms with Crippen LogP contribution < -0.4 is 4.74 Å².